The number of nitrogens with zero attached hydrogens (tertiary/aromatic N) is 2. The highest BCUT2D eigenvalue weighted by Gasteiger charge is 2.06. The summed E-state index contributed by atoms with van der Waals surface area (Å²) in [4.78, 5) is 2.14. The number of rotatable bonds is 3. The SMILES string of the molecule is Cc1csc(=S)n1Cc1ccccc1N(C)C. The van der Waals surface area contributed by atoms with Gasteiger partial charge in [-0.25, -0.2) is 0 Å². The van der Waals surface area contributed by atoms with Crippen molar-refractivity contribution >= 4 is 29.2 Å². The summed E-state index contributed by atoms with van der Waals surface area (Å²) in [6.07, 6.45) is 0. The van der Waals surface area contributed by atoms with E-state index in [0.29, 0.717) is 0 Å². The maximum Gasteiger partial charge on any atom is 0.161 e. The number of thiazole rings is 1. The number of aromatic nitrogens is 1. The molecule has 1 aromatic carbocycles. The van der Waals surface area contributed by atoms with Crippen LogP contribution in [0, 0.1) is 10.9 Å². The quantitative estimate of drug-likeness (QED) is 0.781. The van der Waals surface area contributed by atoms with Gasteiger partial charge in [0.2, 0.25) is 0 Å². The van der Waals surface area contributed by atoms with E-state index in [2.05, 4.69) is 60.1 Å². The molecule has 0 atom stereocenters. The maximum atomic E-state index is 5.35. The number of hydrogen-bond donors (Lipinski definition) is 0. The molecule has 2 rings (SSSR count). The van der Waals surface area contributed by atoms with Gasteiger partial charge in [-0.2, -0.15) is 0 Å². The zero-order chi connectivity index (χ0) is 12.4. The Hall–Kier alpha value is -1.13. The summed E-state index contributed by atoms with van der Waals surface area (Å²) in [7, 11) is 4.14. The van der Waals surface area contributed by atoms with Crippen LogP contribution in [0.5, 0.6) is 0 Å². The van der Waals surface area contributed by atoms with Gasteiger partial charge >= 0.3 is 0 Å². The van der Waals surface area contributed by atoms with Gasteiger partial charge in [-0.05, 0) is 30.8 Å². The van der Waals surface area contributed by atoms with Crippen molar-refractivity contribution in [1.29, 1.82) is 0 Å². The zero-order valence-electron chi connectivity index (χ0n) is 10.3. The summed E-state index contributed by atoms with van der Waals surface area (Å²) in [5, 5.41) is 2.11. The molecule has 1 aromatic heterocycles. The summed E-state index contributed by atoms with van der Waals surface area (Å²) in [6.45, 7) is 2.95. The van der Waals surface area contributed by atoms with Crippen LogP contribution in [0.4, 0.5) is 5.69 Å². The molecule has 4 heteroatoms. The van der Waals surface area contributed by atoms with Gasteiger partial charge in [0.25, 0.3) is 0 Å². The highest BCUT2D eigenvalue weighted by molar-refractivity contribution is 7.73. The van der Waals surface area contributed by atoms with E-state index in [9.17, 15) is 0 Å². The van der Waals surface area contributed by atoms with Gasteiger partial charge in [-0.3, -0.25) is 0 Å². The lowest BCUT2D eigenvalue weighted by molar-refractivity contribution is 0.768. The van der Waals surface area contributed by atoms with Crippen LogP contribution in [-0.2, 0) is 6.54 Å². The summed E-state index contributed by atoms with van der Waals surface area (Å²) >= 11 is 6.98. The van der Waals surface area contributed by atoms with Gasteiger partial charge in [0.1, 0.15) is 0 Å². The standard InChI is InChI=1S/C13H16N2S2/c1-10-9-17-13(16)15(10)8-11-6-4-5-7-12(11)14(2)3/h4-7,9H,8H2,1-3H3. The van der Waals surface area contributed by atoms with E-state index in [1.54, 1.807) is 11.3 Å². The van der Waals surface area contributed by atoms with Gasteiger partial charge in [0.15, 0.2) is 3.95 Å². The van der Waals surface area contributed by atoms with Crippen molar-refractivity contribution < 1.29 is 0 Å². The molecule has 0 saturated heterocycles. The molecule has 0 saturated carbocycles. The molecule has 0 aliphatic carbocycles. The number of hydrogen-bond acceptors (Lipinski definition) is 3. The summed E-state index contributed by atoms with van der Waals surface area (Å²) < 4.78 is 3.12. The number of anilines is 1. The van der Waals surface area contributed by atoms with E-state index in [0.717, 1.165) is 10.5 Å². The Balaban J connectivity index is 2.40. The number of aryl methyl sites for hydroxylation is 1. The Kier molecular flexibility index (Phi) is 3.64. The minimum atomic E-state index is 0.850. The normalized spacial score (nSPS) is 10.5. The summed E-state index contributed by atoms with van der Waals surface area (Å²) in [5.74, 6) is 0. The molecule has 0 spiro atoms. The molecular formula is C13H16N2S2. The molecule has 0 N–H and O–H groups in total. The molecule has 0 amide bonds. The fourth-order valence-corrected chi connectivity index (χ4v) is 2.93. The Bertz CT molecular complexity index is 567. The van der Waals surface area contributed by atoms with Crippen molar-refractivity contribution in [3.8, 4) is 0 Å². The summed E-state index contributed by atoms with van der Waals surface area (Å²) in [6, 6.07) is 8.45. The highest BCUT2D eigenvalue weighted by atomic mass is 32.1. The van der Waals surface area contributed by atoms with Crippen LogP contribution in [0.1, 0.15) is 11.3 Å². The molecule has 0 bridgehead atoms. The van der Waals surface area contributed by atoms with E-state index in [4.69, 9.17) is 12.2 Å². The first-order chi connectivity index (χ1) is 8.09. The summed E-state index contributed by atoms with van der Waals surface area (Å²) in [5.41, 5.74) is 3.78. The monoisotopic (exact) mass is 264 g/mol. The predicted molar refractivity (Wildman–Crippen MR) is 77.8 cm³/mol. The van der Waals surface area contributed by atoms with Crippen LogP contribution in [0.15, 0.2) is 29.6 Å². The Morgan fingerprint density at radius 1 is 1.29 bits per heavy atom. The molecule has 17 heavy (non-hydrogen) atoms. The zero-order valence-corrected chi connectivity index (χ0v) is 11.9. The Morgan fingerprint density at radius 2 is 2.00 bits per heavy atom. The van der Waals surface area contributed by atoms with Crippen LogP contribution in [-0.4, -0.2) is 18.7 Å². The first kappa shape index (κ1) is 12.3. The first-order valence-electron chi connectivity index (χ1n) is 5.50. The number of para-hydroxylation sites is 1. The Morgan fingerprint density at radius 3 is 2.59 bits per heavy atom. The fourth-order valence-electron chi connectivity index (χ4n) is 1.85. The minimum absolute atomic E-state index is 0.850. The molecule has 90 valence electrons. The van der Waals surface area contributed by atoms with Crippen LogP contribution in [0.25, 0.3) is 0 Å². The number of benzene rings is 1. The van der Waals surface area contributed by atoms with Crippen molar-refractivity contribution in [3.63, 3.8) is 0 Å². The fraction of sp³-hybridized carbons (Fsp3) is 0.308. The van der Waals surface area contributed by atoms with E-state index in [1.165, 1.54) is 16.9 Å². The average Bonchev–Trinajstić information content (AvgIpc) is 2.61. The molecular weight excluding hydrogens is 248 g/mol. The largest absolute Gasteiger partial charge is 0.377 e. The lowest BCUT2D eigenvalue weighted by Gasteiger charge is -2.18. The van der Waals surface area contributed by atoms with Crippen molar-refractivity contribution in [3.05, 3.63) is 44.9 Å². The second-order valence-corrected chi connectivity index (χ2v) is 5.76. The molecule has 2 nitrogen and oxygen atoms in total. The van der Waals surface area contributed by atoms with E-state index in [-0.39, 0.29) is 0 Å². The van der Waals surface area contributed by atoms with Gasteiger partial charge in [0, 0.05) is 30.9 Å². The highest BCUT2D eigenvalue weighted by Crippen LogP contribution is 2.21. The molecule has 0 radical (unpaired) electrons. The van der Waals surface area contributed by atoms with Crippen LogP contribution >= 0.6 is 23.6 Å². The van der Waals surface area contributed by atoms with Gasteiger partial charge in [-0.15, -0.1) is 11.3 Å². The molecule has 0 fully saturated rings. The van der Waals surface area contributed by atoms with E-state index < -0.39 is 0 Å². The van der Waals surface area contributed by atoms with E-state index in [1.807, 2.05) is 0 Å². The van der Waals surface area contributed by atoms with Gasteiger partial charge in [-0.1, -0.05) is 18.2 Å². The first-order valence-corrected chi connectivity index (χ1v) is 6.78. The lowest BCUT2D eigenvalue weighted by atomic mass is 10.1. The van der Waals surface area contributed by atoms with Crippen molar-refractivity contribution in [2.24, 2.45) is 0 Å². The lowest BCUT2D eigenvalue weighted by Crippen LogP contribution is -2.13. The topological polar surface area (TPSA) is 8.17 Å². The van der Waals surface area contributed by atoms with Gasteiger partial charge in [0.05, 0.1) is 6.54 Å². The minimum Gasteiger partial charge on any atom is -0.377 e. The molecule has 0 aliphatic rings. The third kappa shape index (κ3) is 2.58. The Labute approximate surface area is 111 Å². The molecule has 1 heterocycles. The molecule has 2 aromatic rings. The van der Waals surface area contributed by atoms with Crippen molar-refractivity contribution in [2.75, 3.05) is 19.0 Å². The maximum absolute atomic E-state index is 5.35. The smallest absolute Gasteiger partial charge is 0.161 e. The second kappa shape index (κ2) is 5.02. The average molecular weight is 264 g/mol. The van der Waals surface area contributed by atoms with Gasteiger partial charge < -0.3 is 9.47 Å². The third-order valence-corrected chi connectivity index (χ3v) is 4.17. The third-order valence-electron chi connectivity index (χ3n) is 2.78. The van der Waals surface area contributed by atoms with Crippen LogP contribution in [0.3, 0.4) is 0 Å². The van der Waals surface area contributed by atoms with Crippen LogP contribution < -0.4 is 4.90 Å². The van der Waals surface area contributed by atoms with Crippen molar-refractivity contribution in [2.45, 2.75) is 13.5 Å². The second-order valence-electron chi connectivity index (χ2n) is 4.25. The predicted octanol–water partition coefficient (Wildman–Crippen LogP) is 3.70. The molecule has 0 aliphatic heterocycles. The van der Waals surface area contributed by atoms with Crippen molar-refractivity contribution in [1.82, 2.24) is 4.57 Å². The van der Waals surface area contributed by atoms with E-state index >= 15 is 0 Å². The molecule has 0 unspecified atom stereocenters. The van der Waals surface area contributed by atoms with Crippen LogP contribution in [0.2, 0.25) is 0 Å².